The molecule has 2 saturated carbocycles. The van der Waals surface area contributed by atoms with Crippen molar-refractivity contribution in [1.82, 2.24) is 10.9 Å². The maximum Gasteiger partial charge on any atom is 0.393 e. The van der Waals surface area contributed by atoms with Crippen molar-refractivity contribution in [2.75, 3.05) is 13.2 Å². The Kier molecular flexibility index (Phi) is 15.2. The van der Waals surface area contributed by atoms with Gasteiger partial charge in [-0.15, -0.1) is 0 Å². The van der Waals surface area contributed by atoms with Crippen LogP contribution in [0.5, 0.6) is 0 Å². The summed E-state index contributed by atoms with van der Waals surface area (Å²) in [5, 5.41) is 0. The first-order chi connectivity index (χ1) is 20.3. The second kappa shape index (κ2) is 18.6. The molecule has 1 saturated heterocycles. The maximum atomic E-state index is 14.0. The number of carbonyl (C=O) groups excluding carboxylic acids is 1. The van der Waals surface area contributed by atoms with Crippen LogP contribution in [0.15, 0.2) is 12.7 Å². The van der Waals surface area contributed by atoms with E-state index >= 15 is 0 Å². The highest BCUT2D eigenvalue weighted by molar-refractivity contribution is 5.81. The highest BCUT2D eigenvalue weighted by Crippen LogP contribution is 2.43. The topological polar surface area (TPSA) is 68.8 Å². The van der Waals surface area contributed by atoms with E-state index in [9.17, 15) is 18.0 Å². The predicted octanol–water partition coefficient (Wildman–Crippen LogP) is 6.81. The smallest absolute Gasteiger partial charge is 0.393 e. The fourth-order valence-corrected chi connectivity index (χ4v) is 5.86. The number of esters is 1. The number of alkyl halides is 3. The Labute approximate surface area is 250 Å². The molecule has 5 unspecified atom stereocenters. The van der Waals surface area contributed by atoms with Crippen LogP contribution < -0.4 is 10.9 Å². The Hall–Kier alpha value is -2.04. The van der Waals surface area contributed by atoms with Crippen LogP contribution in [0.4, 0.5) is 13.2 Å². The Morgan fingerprint density at radius 3 is 2.33 bits per heavy atom. The van der Waals surface area contributed by atoms with Gasteiger partial charge in [0.05, 0.1) is 18.6 Å². The average molecular weight is 595 g/mol. The standard InChI is InChI=1S/C33H49F3N2O4/c1-3-5-8-11-30-37-38-31(42-30)21-18-27-17-14-26(24-29(27)33(34,35)36)13-12-25-15-19-28(20-16-25)40-22-9-6-7-10-23-41-32(39)4-2/h4,25-31,37-38H,2-3,5-11,14-17,19-20,22-24H2,1H3. The lowest BCUT2D eigenvalue weighted by atomic mass is 9.74. The second-order valence-corrected chi connectivity index (χ2v) is 11.8. The van der Waals surface area contributed by atoms with Crippen LogP contribution in [0.25, 0.3) is 0 Å². The molecule has 1 aliphatic heterocycles. The molecule has 0 amide bonds. The normalized spacial score (nSPS) is 29.6. The number of hydrogen-bond donors (Lipinski definition) is 2. The summed E-state index contributed by atoms with van der Waals surface area (Å²) in [6, 6.07) is 0. The van der Waals surface area contributed by atoms with E-state index in [4.69, 9.17) is 14.2 Å². The van der Waals surface area contributed by atoms with Gasteiger partial charge < -0.3 is 14.2 Å². The molecule has 0 radical (unpaired) electrons. The van der Waals surface area contributed by atoms with Crippen molar-refractivity contribution in [2.45, 2.75) is 128 Å². The van der Waals surface area contributed by atoms with Gasteiger partial charge in [-0.05, 0) is 77.0 Å². The molecule has 9 heteroatoms. The fourth-order valence-electron chi connectivity index (χ4n) is 5.86. The molecular formula is C33H49F3N2O4. The summed E-state index contributed by atoms with van der Waals surface area (Å²) in [5.74, 6) is 9.76. The van der Waals surface area contributed by atoms with E-state index in [2.05, 4.69) is 48.0 Å². The largest absolute Gasteiger partial charge is 0.463 e. The van der Waals surface area contributed by atoms with Gasteiger partial charge in [0, 0.05) is 30.4 Å². The van der Waals surface area contributed by atoms with Crippen molar-refractivity contribution in [3.8, 4) is 23.7 Å². The minimum atomic E-state index is -4.29. The highest BCUT2D eigenvalue weighted by Gasteiger charge is 2.47. The van der Waals surface area contributed by atoms with Crippen LogP contribution in [0.3, 0.4) is 0 Å². The number of ether oxygens (including phenoxy) is 3. The quantitative estimate of drug-likeness (QED) is 0.106. The summed E-state index contributed by atoms with van der Waals surface area (Å²) in [7, 11) is 0. The molecule has 6 nitrogen and oxygen atoms in total. The molecular weight excluding hydrogens is 545 g/mol. The summed E-state index contributed by atoms with van der Waals surface area (Å²) in [6.45, 7) is 6.65. The Bertz CT molecular complexity index is 943. The zero-order chi connectivity index (χ0) is 30.2. The molecule has 0 bridgehead atoms. The molecule has 2 N–H and O–H groups in total. The second-order valence-electron chi connectivity index (χ2n) is 11.8. The third kappa shape index (κ3) is 12.7. The van der Waals surface area contributed by atoms with E-state index in [1.54, 1.807) is 0 Å². The SMILES string of the molecule is C=CC(=O)OCCCCCCOC1CCC(C#CC2CCC(C#CC3NNC(CCCCC)O3)C(C(F)(F)F)C2)CC1. The number of carbonyl (C=O) groups is 1. The highest BCUT2D eigenvalue weighted by atomic mass is 19.4. The lowest BCUT2D eigenvalue weighted by Gasteiger charge is -2.33. The van der Waals surface area contributed by atoms with Crippen LogP contribution in [0.1, 0.15) is 103 Å². The van der Waals surface area contributed by atoms with E-state index in [0.29, 0.717) is 19.4 Å². The number of hydrogen-bond acceptors (Lipinski definition) is 6. The number of nitrogens with one attached hydrogen (secondary N) is 2. The summed E-state index contributed by atoms with van der Waals surface area (Å²) < 4.78 is 58.7. The Morgan fingerprint density at radius 2 is 1.62 bits per heavy atom. The molecule has 1 heterocycles. The molecule has 3 aliphatic rings. The molecule has 42 heavy (non-hydrogen) atoms. The number of hydrazine groups is 1. The molecule has 0 aromatic heterocycles. The summed E-state index contributed by atoms with van der Waals surface area (Å²) >= 11 is 0. The van der Waals surface area contributed by atoms with Gasteiger partial charge in [-0.2, -0.15) is 13.2 Å². The monoisotopic (exact) mass is 594 g/mol. The zero-order valence-electron chi connectivity index (χ0n) is 25.1. The van der Waals surface area contributed by atoms with E-state index in [-0.39, 0.29) is 36.6 Å². The van der Waals surface area contributed by atoms with Gasteiger partial charge in [-0.25, -0.2) is 15.6 Å². The first-order valence-corrected chi connectivity index (χ1v) is 15.9. The first kappa shape index (κ1) is 34.5. The molecule has 0 aromatic rings. The fraction of sp³-hybridized carbons (Fsp3) is 0.788. The molecule has 5 atom stereocenters. The summed E-state index contributed by atoms with van der Waals surface area (Å²) in [5.41, 5.74) is 5.99. The van der Waals surface area contributed by atoms with Crippen molar-refractivity contribution in [3.63, 3.8) is 0 Å². The molecule has 2 aliphatic carbocycles. The third-order valence-electron chi connectivity index (χ3n) is 8.39. The van der Waals surface area contributed by atoms with Crippen molar-refractivity contribution < 1.29 is 32.2 Å². The van der Waals surface area contributed by atoms with Crippen molar-refractivity contribution in [3.05, 3.63) is 12.7 Å². The molecule has 0 aromatic carbocycles. The van der Waals surface area contributed by atoms with Gasteiger partial charge in [0.25, 0.3) is 0 Å². The summed E-state index contributed by atoms with van der Waals surface area (Å²) in [6.07, 6.45) is 9.13. The number of rotatable bonds is 13. The Balaban J connectivity index is 1.34. The zero-order valence-corrected chi connectivity index (χ0v) is 25.1. The van der Waals surface area contributed by atoms with Crippen molar-refractivity contribution in [1.29, 1.82) is 0 Å². The van der Waals surface area contributed by atoms with Gasteiger partial charge >= 0.3 is 12.1 Å². The lowest BCUT2D eigenvalue weighted by molar-refractivity contribution is -0.192. The van der Waals surface area contributed by atoms with Crippen LogP contribution in [0.2, 0.25) is 0 Å². The predicted molar refractivity (Wildman–Crippen MR) is 156 cm³/mol. The van der Waals surface area contributed by atoms with E-state index in [0.717, 1.165) is 83.7 Å². The van der Waals surface area contributed by atoms with E-state index < -0.39 is 24.2 Å². The first-order valence-electron chi connectivity index (χ1n) is 15.9. The van der Waals surface area contributed by atoms with Crippen LogP contribution in [-0.4, -0.2) is 43.9 Å². The van der Waals surface area contributed by atoms with Crippen molar-refractivity contribution in [2.24, 2.45) is 23.7 Å². The van der Waals surface area contributed by atoms with Gasteiger partial charge in [0.15, 0.2) is 6.23 Å². The minimum Gasteiger partial charge on any atom is -0.463 e. The van der Waals surface area contributed by atoms with Gasteiger partial charge in [0.1, 0.15) is 6.23 Å². The molecule has 3 rings (SSSR count). The number of unbranched alkanes of at least 4 members (excludes halogenated alkanes) is 5. The average Bonchev–Trinajstić information content (AvgIpc) is 3.44. The van der Waals surface area contributed by atoms with E-state index in [1.807, 2.05) is 0 Å². The molecule has 236 valence electrons. The maximum absolute atomic E-state index is 14.0. The van der Waals surface area contributed by atoms with Crippen LogP contribution in [-0.2, 0) is 19.0 Å². The minimum absolute atomic E-state index is 0.0157. The lowest BCUT2D eigenvalue weighted by Crippen LogP contribution is -2.36. The van der Waals surface area contributed by atoms with E-state index in [1.165, 1.54) is 6.08 Å². The molecule has 0 spiro atoms. The molecule has 3 fully saturated rings. The Morgan fingerprint density at radius 1 is 0.905 bits per heavy atom. The van der Waals surface area contributed by atoms with Gasteiger partial charge in [0.2, 0.25) is 0 Å². The van der Waals surface area contributed by atoms with Gasteiger partial charge in [-0.3, -0.25) is 0 Å². The summed E-state index contributed by atoms with van der Waals surface area (Å²) in [4.78, 5) is 11.0. The number of halogens is 3. The van der Waals surface area contributed by atoms with Crippen LogP contribution >= 0.6 is 0 Å². The van der Waals surface area contributed by atoms with Gasteiger partial charge in [-0.1, -0.05) is 56.4 Å². The van der Waals surface area contributed by atoms with Crippen molar-refractivity contribution >= 4 is 5.97 Å². The third-order valence-corrected chi connectivity index (χ3v) is 8.39. The van der Waals surface area contributed by atoms with Crippen LogP contribution in [0, 0.1) is 47.4 Å².